The molecule has 4 rings (SSSR count). The van der Waals surface area contributed by atoms with Crippen LogP contribution in [0, 0.1) is 5.92 Å². The molecule has 0 N–H and O–H groups in total. The fraction of sp³-hybridized carbons (Fsp3) is 0.273. The second kappa shape index (κ2) is 7.97. The zero-order valence-electron chi connectivity index (χ0n) is 15.1. The van der Waals surface area contributed by atoms with Crippen molar-refractivity contribution in [1.82, 2.24) is 14.5 Å². The number of nitrogens with zero attached hydrogens (tertiary/aromatic N) is 3. The fourth-order valence-corrected chi connectivity index (χ4v) is 3.85. The molecule has 2 heterocycles. The van der Waals surface area contributed by atoms with Gasteiger partial charge >= 0.3 is 0 Å². The van der Waals surface area contributed by atoms with Crippen molar-refractivity contribution >= 4 is 34.6 Å². The molecule has 1 aliphatic heterocycles. The van der Waals surface area contributed by atoms with Crippen molar-refractivity contribution in [2.24, 2.45) is 5.92 Å². The molecular formula is C22H22ClN3O. The van der Waals surface area contributed by atoms with Crippen LogP contribution in [0.1, 0.15) is 18.4 Å². The fourth-order valence-electron chi connectivity index (χ4n) is 3.65. The second-order valence-electron chi connectivity index (χ2n) is 7.01. The first-order chi connectivity index (χ1) is 13.2. The molecule has 0 unspecified atom stereocenters. The van der Waals surface area contributed by atoms with Gasteiger partial charge in [0.25, 0.3) is 0 Å². The highest BCUT2D eigenvalue weighted by molar-refractivity contribution is 6.32. The van der Waals surface area contributed by atoms with Gasteiger partial charge in [-0.25, -0.2) is 4.98 Å². The average molecular weight is 380 g/mol. The molecule has 0 aliphatic carbocycles. The summed E-state index contributed by atoms with van der Waals surface area (Å²) in [6.07, 6.45) is 7.38. The minimum absolute atomic E-state index is 0.0569. The number of rotatable bonds is 4. The molecule has 1 amide bonds. The van der Waals surface area contributed by atoms with Gasteiger partial charge in [0.15, 0.2) is 0 Å². The van der Waals surface area contributed by atoms with Gasteiger partial charge in [-0.1, -0.05) is 41.9 Å². The van der Waals surface area contributed by atoms with E-state index in [2.05, 4.69) is 15.6 Å². The Morgan fingerprint density at radius 1 is 1.11 bits per heavy atom. The third-order valence-corrected chi connectivity index (χ3v) is 5.56. The number of aromatic nitrogens is 2. The Morgan fingerprint density at radius 2 is 1.85 bits per heavy atom. The number of benzene rings is 2. The quantitative estimate of drug-likeness (QED) is 0.619. The molecule has 1 fully saturated rings. The van der Waals surface area contributed by atoms with E-state index < -0.39 is 0 Å². The standard InChI is InChI=1S/C22H22ClN3O/c23-19-6-2-1-5-18(19)9-10-22(27)25-13-11-17(12-14-25)15-26-16-24-20-7-3-4-8-21(20)26/h1-10,16-17H,11-15H2. The van der Waals surface area contributed by atoms with Gasteiger partial charge in [-0.2, -0.15) is 0 Å². The number of hydrogen-bond donors (Lipinski definition) is 0. The summed E-state index contributed by atoms with van der Waals surface area (Å²) in [4.78, 5) is 18.9. The van der Waals surface area contributed by atoms with E-state index >= 15 is 0 Å². The van der Waals surface area contributed by atoms with E-state index in [1.165, 1.54) is 5.52 Å². The normalized spacial score (nSPS) is 15.7. The van der Waals surface area contributed by atoms with Gasteiger partial charge in [-0.05, 0) is 48.6 Å². The lowest BCUT2D eigenvalue weighted by Gasteiger charge is -2.31. The molecule has 138 valence electrons. The monoisotopic (exact) mass is 379 g/mol. The first-order valence-electron chi connectivity index (χ1n) is 9.32. The maximum absolute atomic E-state index is 12.5. The van der Waals surface area contributed by atoms with Crippen molar-refractivity contribution in [2.75, 3.05) is 13.1 Å². The molecular weight excluding hydrogens is 358 g/mol. The highest BCUT2D eigenvalue weighted by atomic mass is 35.5. The van der Waals surface area contributed by atoms with Crippen LogP contribution >= 0.6 is 11.6 Å². The number of fused-ring (bicyclic) bond motifs is 1. The highest BCUT2D eigenvalue weighted by Gasteiger charge is 2.22. The number of piperidine rings is 1. The zero-order chi connectivity index (χ0) is 18.6. The van der Waals surface area contributed by atoms with Crippen LogP contribution in [0.4, 0.5) is 0 Å². The molecule has 0 spiro atoms. The van der Waals surface area contributed by atoms with Crippen LogP contribution in [-0.4, -0.2) is 33.4 Å². The van der Waals surface area contributed by atoms with E-state index in [0.29, 0.717) is 10.9 Å². The van der Waals surface area contributed by atoms with Crippen LogP contribution in [0.25, 0.3) is 17.1 Å². The van der Waals surface area contributed by atoms with E-state index in [0.717, 1.165) is 43.6 Å². The van der Waals surface area contributed by atoms with Crippen molar-refractivity contribution in [3.05, 3.63) is 71.5 Å². The van der Waals surface area contributed by atoms with Crippen molar-refractivity contribution in [1.29, 1.82) is 0 Å². The van der Waals surface area contributed by atoms with Crippen LogP contribution in [0.5, 0.6) is 0 Å². The number of halogens is 1. The number of para-hydroxylation sites is 2. The van der Waals surface area contributed by atoms with Crippen molar-refractivity contribution < 1.29 is 4.79 Å². The lowest BCUT2D eigenvalue weighted by molar-refractivity contribution is -0.127. The number of imidazole rings is 1. The van der Waals surface area contributed by atoms with Gasteiger partial charge in [-0.15, -0.1) is 0 Å². The third-order valence-electron chi connectivity index (χ3n) is 5.22. The molecule has 1 aromatic heterocycles. The summed E-state index contributed by atoms with van der Waals surface area (Å²) in [7, 11) is 0. The van der Waals surface area contributed by atoms with Crippen molar-refractivity contribution in [3.63, 3.8) is 0 Å². The molecule has 0 saturated carbocycles. The summed E-state index contributed by atoms with van der Waals surface area (Å²) in [5, 5.41) is 0.660. The average Bonchev–Trinajstić information content (AvgIpc) is 3.11. The molecule has 1 aliphatic rings. The molecule has 0 radical (unpaired) electrons. The minimum atomic E-state index is 0.0569. The van der Waals surface area contributed by atoms with Crippen LogP contribution in [-0.2, 0) is 11.3 Å². The van der Waals surface area contributed by atoms with Gasteiger partial charge in [-0.3, -0.25) is 4.79 Å². The van der Waals surface area contributed by atoms with Gasteiger partial charge in [0.05, 0.1) is 17.4 Å². The maximum atomic E-state index is 12.5. The second-order valence-corrected chi connectivity index (χ2v) is 7.42. The maximum Gasteiger partial charge on any atom is 0.246 e. The van der Waals surface area contributed by atoms with E-state index in [1.54, 1.807) is 12.2 Å². The summed E-state index contributed by atoms with van der Waals surface area (Å²) in [5.74, 6) is 0.626. The molecule has 27 heavy (non-hydrogen) atoms. The summed E-state index contributed by atoms with van der Waals surface area (Å²) < 4.78 is 2.23. The molecule has 2 aromatic carbocycles. The van der Waals surface area contributed by atoms with Crippen molar-refractivity contribution in [3.8, 4) is 0 Å². The Labute approximate surface area is 164 Å². The van der Waals surface area contributed by atoms with E-state index in [1.807, 2.05) is 53.7 Å². The summed E-state index contributed by atoms with van der Waals surface area (Å²) in [6.45, 7) is 2.55. The van der Waals surface area contributed by atoms with E-state index in [4.69, 9.17) is 11.6 Å². The summed E-state index contributed by atoms with van der Waals surface area (Å²) >= 11 is 6.14. The van der Waals surface area contributed by atoms with Crippen LogP contribution in [0.2, 0.25) is 5.02 Å². The first-order valence-corrected chi connectivity index (χ1v) is 9.70. The Hall–Kier alpha value is -2.59. The SMILES string of the molecule is O=C(C=Cc1ccccc1Cl)N1CCC(Cn2cnc3ccccc32)CC1. The number of carbonyl (C=O) groups excluding carboxylic acids is 1. The Bertz CT molecular complexity index is 970. The van der Waals surface area contributed by atoms with Gasteiger partial charge in [0.2, 0.25) is 5.91 Å². The summed E-state index contributed by atoms with van der Waals surface area (Å²) in [6, 6.07) is 15.8. The predicted octanol–water partition coefficient (Wildman–Crippen LogP) is 4.64. The molecule has 1 saturated heterocycles. The Kier molecular flexibility index (Phi) is 5.26. The van der Waals surface area contributed by atoms with Crippen molar-refractivity contribution in [2.45, 2.75) is 19.4 Å². The van der Waals surface area contributed by atoms with Gasteiger partial charge in [0, 0.05) is 30.7 Å². The van der Waals surface area contributed by atoms with Crippen LogP contribution < -0.4 is 0 Å². The molecule has 4 nitrogen and oxygen atoms in total. The van der Waals surface area contributed by atoms with E-state index in [9.17, 15) is 4.79 Å². The van der Waals surface area contributed by atoms with Crippen LogP contribution in [0.15, 0.2) is 60.9 Å². The van der Waals surface area contributed by atoms with E-state index in [-0.39, 0.29) is 5.91 Å². The van der Waals surface area contributed by atoms with Gasteiger partial charge < -0.3 is 9.47 Å². The lowest BCUT2D eigenvalue weighted by Crippen LogP contribution is -2.38. The first kappa shape index (κ1) is 17.8. The number of hydrogen-bond acceptors (Lipinski definition) is 2. The molecule has 5 heteroatoms. The predicted molar refractivity (Wildman–Crippen MR) is 110 cm³/mol. The number of carbonyl (C=O) groups is 1. The largest absolute Gasteiger partial charge is 0.339 e. The lowest BCUT2D eigenvalue weighted by atomic mass is 9.96. The van der Waals surface area contributed by atoms with Gasteiger partial charge in [0.1, 0.15) is 0 Å². The van der Waals surface area contributed by atoms with Crippen LogP contribution in [0.3, 0.4) is 0 Å². The smallest absolute Gasteiger partial charge is 0.246 e. The number of amides is 1. The number of likely N-dealkylation sites (tertiary alicyclic amines) is 1. The summed E-state index contributed by atoms with van der Waals surface area (Å²) in [5.41, 5.74) is 3.09. The molecule has 0 bridgehead atoms. The Morgan fingerprint density at radius 3 is 2.67 bits per heavy atom. The zero-order valence-corrected chi connectivity index (χ0v) is 15.8. The Balaban J connectivity index is 1.33. The topological polar surface area (TPSA) is 38.1 Å². The molecule has 3 aromatic rings. The highest BCUT2D eigenvalue weighted by Crippen LogP contribution is 2.22. The third kappa shape index (κ3) is 4.06. The minimum Gasteiger partial charge on any atom is -0.339 e. The molecule has 0 atom stereocenters.